The second-order valence-corrected chi connectivity index (χ2v) is 3.60. The highest BCUT2D eigenvalue weighted by Gasteiger charge is 2.10. The molecule has 6 heteroatoms. The molecule has 0 fully saturated rings. The van der Waals surface area contributed by atoms with Crippen molar-refractivity contribution in [2.45, 2.75) is 0 Å². The summed E-state index contributed by atoms with van der Waals surface area (Å²) < 4.78 is 31.1. The molecule has 0 saturated carbocycles. The van der Waals surface area contributed by atoms with Crippen LogP contribution in [-0.4, -0.2) is 4.99 Å². The van der Waals surface area contributed by atoms with Crippen LogP contribution in [-0.2, 0) is 0 Å². The topological polar surface area (TPSA) is 63.0 Å². The summed E-state index contributed by atoms with van der Waals surface area (Å²) in [6.07, 6.45) is 0. The van der Waals surface area contributed by atoms with Gasteiger partial charge in [-0.1, -0.05) is 12.2 Å². The van der Waals surface area contributed by atoms with Gasteiger partial charge in [-0.25, -0.2) is 8.78 Å². The van der Waals surface area contributed by atoms with Crippen LogP contribution in [0.15, 0.2) is 22.6 Å². The Morgan fingerprint density at radius 3 is 2.62 bits per heavy atom. The Morgan fingerprint density at radius 1 is 1.31 bits per heavy atom. The Morgan fingerprint density at radius 2 is 2.00 bits per heavy atom. The second-order valence-electron chi connectivity index (χ2n) is 3.16. The molecule has 0 unspecified atom stereocenters. The van der Waals surface area contributed by atoms with Gasteiger partial charge in [0, 0.05) is 11.5 Å². The first kappa shape index (κ1) is 10.7. The van der Waals surface area contributed by atoms with Gasteiger partial charge < -0.3 is 10.2 Å². The van der Waals surface area contributed by atoms with E-state index in [0.717, 1.165) is 6.07 Å². The zero-order chi connectivity index (χ0) is 11.9. The fourth-order valence-electron chi connectivity index (χ4n) is 1.36. The highest BCUT2D eigenvalue weighted by Crippen LogP contribution is 2.18. The number of thiocarbonyl (C=S) groups is 1. The number of hydrogen-bond acceptors (Lipinski definition) is 3. The third-order valence-corrected chi connectivity index (χ3v) is 2.27. The van der Waals surface area contributed by atoms with Crippen molar-refractivity contribution in [1.29, 1.82) is 5.41 Å². The molecule has 2 rings (SSSR count). The van der Waals surface area contributed by atoms with E-state index in [4.69, 9.17) is 15.6 Å². The summed E-state index contributed by atoms with van der Waals surface area (Å²) in [5.41, 5.74) is 4.96. The number of nitrogens with one attached hydrogen (secondary N) is 1. The van der Waals surface area contributed by atoms with Crippen LogP contribution in [0.25, 0.3) is 11.0 Å². The number of fused-ring (bicyclic) bond motifs is 1. The van der Waals surface area contributed by atoms with Crippen molar-refractivity contribution in [2.24, 2.45) is 5.73 Å². The van der Waals surface area contributed by atoms with Crippen molar-refractivity contribution >= 4 is 28.2 Å². The Bertz CT molecular complexity index is 651. The molecule has 1 aromatic carbocycles. The summed E-state index contributed by atoms with van der Waals surface area (Å²) in [6, 6.07) is 3.10. The first-order valence-corrected chi connectivity index (χ1v) is 4.67. The Balaban J connectivity index is 2.90. The van der Waals surface area contributed by atoms with E-state index in [1.54, 1.807) is 0 Å². The van der Waals surface area contributed by atoms with Gasteiger partial charge in [0.25, 0.3) is 0 Å². The molecule has 0 amide bonds. The van der Waals surface area contributed by atoms with Crippen molar-refractivity contribution in [1.82, 2.24) is 0 Å². The fourth-order valence-corrected chi connectivity index (χ4v) is 1.51. The lowest BCUT2D eigenvalue weighted by molar-refractivity contribution is 0.497. The first-order chi connectivity index (χ1) is 7.49. The zero-order valence-corrected chi connectivity index (χ0v) is 8.70. The molecule has 0 aliphatic carbocycles. The number of hydrogen-bond donors (Lipinski definition) is 2. The van der Waals surface area contributed by atoms with Crippen molar-refractivity contribution < 1.29 is 13.2 Å². The van der Waals surface area contributed by atoms with E-state index in [0.29, 0.717) is 6.07 Å². The third-order valence-electron chi connectivity index (χ3n) is 2.05. The van der Waals surface area contributed by atoms with E-state index in [2.05, 4.69) is 12.2 Å². The quantitative estimate of drug-likeness (QED) is 0.747. The molecule has 0 bridgehead atoms. The summed E-state index contributed by atoms with van der Waals surface area (Å²) in [5.74, 6) is -1.59. The van der Waals surface area contributed by atoms with E-state index in [9.17, 15) is 8.78 Å². The van der Waals surface area contributed by atoms with Gasteiger partial charge in [-0.3, -0.25) is 5.41 Å². The zero-order valence-electron chi connectivity index (χ0n) is 7.88. The average Bonchev–Trinajstić information content (AvgIpc) is 2.18. The Labute approximate surface area is 94.0 Å². The van der Waals surface area contributed by atoms with Gasteiger partial charge in [0.2, 0.25) is 5.55 Å². The number of halogens is 2. The summed E-state index contributed by atoms with van der Waals surface area (Å²) in [7, 11) is 0. The minimum atomic E-state index is -0.863. The van der Waals surface area contributed by atoms with Crippen molar-refractivity contribution in [3.05, 3.63) is 41.0 Å². The summed E-state index contributed by atoms with van der Waals surface area (Å²) in [4.78, 5) is -0.0553. The lowest BCUT2D eigenvalue weighted by Crippen LogP contribution is -2.19. The lowest BCUT2D eigenvalue weighted by Gasteiger charge is -2.02. The fraction of sp³-hybridized carbons (Fsp3) is 0. The molecular formula is C10H6F2N2OS. The van der Waals surface area contributed by atoms with E-state index in [1.807, 2.05) is 0 Å². The maximum atomic E-state index is 13.3. The molecule has 0 aliphatic rings. The predicted octanol–water partition coefficient (Wildman–Crippen LogP) is 1.82. The molecule has 0 aliphatic heterocycles. The smallest absolute Gasteiger partial charge is 0.222 e. The largest absolute Gasteiger partial charge is 0.435 e. The summed E-state index contributed by atoms with van der Waals surface area (Å²) >= 11 is 4.69. The molecule has 3 N–H and O–H groups in total. The molecule has 3 nitrogen and oxygen atoms in total. The molecule has 1 heterocycles. The standard InChI is InChI=1S/C10H6F2N2OS/c11-5-1-4-2-6(10(14)16)9(13)15-8(4)7(12)3-5/h1-3,13H,(H2,14,16). The van der Waals surface area contributed by atoms with Gasteiger partial charge in [-0.2, -0.15) is 0 Å². The predicted molar refractivity (Wildman–Crippen MR) is 57.9 cm³/mol. The van der Waals surface area contributed by atoms with Gasteiger partial charge in [0.1, 0.15) is 10.8 Å². The van der Waals surface area contributed by atoms with Gasteiger partial charge in [-0.15, -0.1) is 0 Å². The molecule has 82 valence electrons. The average molecular weight is 240 g/mol. The molecule has 16 heavy (non-hydrogen) atoms. The Kier molecular flexibility index (Phi) is 2.43. The van der Waals surface area contributed by atoms with Crippen LogP contribution < -0.4 is 11.3 Å². The summed E-state index contributed by atoms with van der Waals surface area (Å²) in [5, 5.41) is 7.62. The van der Waals surface area contributed by atoms with E-state index in [-0.39, 0.29) is 27.1 Å². The van der Waals surface area contributed by atoms with Gasteiger partial charge in [0.15, 0.2) is 11.4 Å². The maximum Gasteiger partial charge on any atom is 0.222 e. The molecule has 0 saturated heterocycles. The number of benzene rings is 1. The van der Waals surface area contributed by atoms with Gasteiger partial charge in [-0.05, 0) is 12.1 Å². The Hall–Kier alpha value is -1.82. The number of rotatable bonds is 1. The monoisotopic (exact) mass is 240 g/mol. The van der Waals surface area contributed by atoms with E-state index < -0.39 is 11.6 Å². The third kappa shape index (κ3) is 1.67. The van der Waals surface area contributed by atoms with Crippen LogP contribution in [0.5, 0.6) is 0 Å². The molecular weight excluding hydrogens is 234 g/mol. The minimum Gasteiger partial charge on any atom is -0.435 e. The molecule has 0 radical (unpaired) electrons. The van der Waals surface area contributed by atoms with E-state index >= 15 is 0 Å². The lowest BCUT2D eigenvalue weighted by atomic mass is 10.1. The SMILES string of the molecule is N=c1oc2c(F)cc(F)cc2cc1C(N)=S. The molecule has 1 aromatic heterocycles. The van der Waals surface area contributed by atoms with E-state index in [1.165, 1.54) is 6.07 Å². The highest BCUT2D eigenvalue weighted by atomic mass is 32.1. The van der Waals surface area contributed by atoms with Gasteiger partial charge >= 0.3 is 0 Å². The van der Waals surface area contributed by atoms with Crippen LogP contribution in [0, 0.1) is 17.0 Å². The summed E-state index contributed by atoms with van der Waals surface area (Å²) in [6.45, 7) is 0. The normalized spacial score (nSPS) is 10.6. The highest BCUT2D eigenvalue weighted by molar-refractivity contribution is 7.80. The minimum absolute atomic E-state index is 0.0553. The first-order valence-electron chi connectivity index (χ1n) is 4.26. The maximum absolute atomic E-state index is 13.3. The van der Waals surface area contributed by atoms with Crippen molar-refractivity contribution in [2.75, 3.05) is 0 Å². The second kappa shape index (κ2) is 3.64. The van der Waals surface area contributed by atoms with Gasteiger partial charge in [0.05, 0.1) is 5.56 Å². The molecule has 0 atom stereocenters. The van der Waals surface area contributed by atoms with Crippen LogP contribution >= 0.6 is 12.2 Å². The van der Waals surface area contributed by atoms with Crippen LogP contribution in [0.3, 0.4) is 0 Å². The van der Waals surface area contributed by atoms with Crippen molar-refractivity contribution in [3.8, 4) is 0 Å². The van der Waals surface area contributed by atoms with Crippen LogP contribution in [0.4, 0.5) is 8.78 Å². The molecule has 0 spiro atoms. The van der Waals surface area contributed by atoms with Crippen LogP contribution in [0.1, 0.15) is 5.56 Å². The molecule has 2 aromatic rings. The number of nitrogens with two attached hydrogens (primary N) is 1. The van der Waals surface area contributed by atoms with Crippen molar-refractivity contribution in [3.63, 3.8) is 0 Å². The van der Waals surface area contributed by atoms with Crippen LogP contribution in [0.2, 0.25) is 0 Å².